The van der Waals surface area contributed by atoms with Crippen LogP contribution in [0, 0.1) is 0 Å². The van der Waals surface area contributed by atoms with Gasteiger partial charge in [0.1, 0.15) is 0 Å². The standard InChI is InChI=1S/C14H13Cl2N/c1-17-9-10-5-2-3-6-11(10)12-7-4-8-13(15)14(12)16/h2-8,17H,9H2,1H3. The molecule has 3 heteroatoms. The zero-order valence-electron chi connectivity index (χ0n) is 9.50. The molecular weight excluding hydrogens is 253 g/mol. The summed E-state index contributed by atoms with van der Waals surface area (Å²) in [5, 5.41) is 4.35. The molecule has 0 aromatic heterocycles. The maximum Gasteiger partial charge on any atom is 0.0670 e. The van der Waals surface area contributed by atoms with Gasteiger partial charge in [0.2, 0.25) is 0 Å². The normalized spacial score (nSPS) is 10.5. The van der Waals surface area contributed by atoms with Gasteiger partial charge in [-0.05, 0) is 24.2 Å². The summed E-state index contributed by atoms with van der Waals surface area (Å²) in [5.41, 5.74) is 3.30. The molecule has 17 heavy (non-hydrogen) atoms. The molecule has 88 valence electrons. The van der Waals surface area contributed by atoms with E-state index in [1.54, 1.807) is 6.07 Å². The zero-order chi connectivity index (χ0) is 12.3. The molecule has 0 spiro atoms. The Hall–Kier alpha value is -1.02. The van der Waals surface area contributed by atoms with Crippen LogP contribution in [0.4, 0.5) is 0 Å². The van der Waals surface area contributed by atoms with E-state index in [0.29, 0.717) is 10.0 Å². The number of nitrogens with one attached hydrogen (secondary N) is 1. The third-order valence-electron chi connectivity index (χ3n) is 2.63. The van der Waals surface area contributed by atoms with E-state index in [1.165, 1.54) is 5.56 Å². The molecule has 0 unspecified atom stereocenters. The van der Waals surface area contributed by atoms with Crippen molar-refractivity contribution in [2.45, 2.75) is 6.54 Å². The van der Waals surface area contributed by atoms with E-state index >= 15 is 0 Å². The van der Waals surface area contributed by atoms with E-state index in [0.717, 1.165) is 17.7 Å². The van der Waals surface area contributed by atoms with Crippen molar-refractivity contribution in [3.63, 3.8) is 0 Å². The maximum absolute atomic E-state index is 6.25. The van der Waals surface area contributed by atoms with Gasteiger partial charge in [-0.2, -0.15) is 0 Å². The van der Waals surface area contributed by atoms with Crippen molar-refractivity contribution in [1.29, 1.82) is 0 Å². The van der Waals surface area contributed by atoms with Crippen LogP contribution in [-0.2, 0) is 6.54 Å². The number of rotatable bonds is 3. The Morgan fingerprint density at radius 3 is 2.41 bits per heavy atom. The van der Waals surface area contributed by atoms with E-state index in [1.807, 2.05) is 31.3 Å². The van der Waals surface area contributed by atoms with Crippen LogP contribution in [0.3, 0.4) is 0 Å². The molecule has 0 aliphatic heterocycles. The van der Waals surface area contributed by atoms with Gasteiger partial charge in [0.05, 0.1) is 10.0 Å². The van der Waals surface area contributed by atoms with Crippen LogP contribution in [-0.4, -0.2) is 7.05 Å². The molecule has 0 radical (unpaired) electrons. The predicted octanol–water partition coefficient (Wildman–Crippen LogP) is 4.38. The molecule has 2 aromatic carbocycles. The summed E-state index contributed by atoms with van der Waals surface area (Å²) in [6.07, 6.45) is 0. The molecule has 1 N–H and O–H groups in total. The summed E-state index contributed by atoms with van der Waals surface area (Å²) in [6, 6.07) is 13.9. The molecule has 2 rings (SSSR count). The quantitative estimate of drug-likeness (QED) is 0.869. The lowest BCUT2D eigenvalue weighted by atomic mass is 9.99. The highest BCUT2D eigenvalue weighted by Gasteiger charge is 2.09. The highest BCUT2D eigenvalue weighted by molar-refractivity contribution is 6.43. The molecule has 0 aliphatic carbocycles. The highest BCUT2D eigenvalue weighted by atomic mass is 35.5. The molecule has 0 aliphatic rings. The molecule has 0 atom stereocenters. The number of benzene rings is 2. The summed E-state index contributed by atoms with van der Waals surface area (Å²) >= 11 is 12.3. The Bertz CT molecular complexity index is 523. The van der Waals surface area contributed by atoms with Crippen molar-refractivity contribution in [2.75, 3.05) is 7.05 Å². The van der Waals surface area contributed by atoms with E-state index in [4.69, 9.17) is 23.2 Å². The second-order valence-corrected chi connectivity index (χ2v) is 4.57. The molecule has 0 bridgehead atoms. The number of halogens is 2. The van der Waals surface area contributed by atoms with Crippen molar-refractivity contribution in [1.82, 2.24) is 5.32 Å². The minimum Gasteiger partial charge on any atom is -0.316 e. The van der Waals surface area contributed by atoms with Gasteiger partial charge in [-0.15, -0.1) is 0 Å². The first-order valence-electron chi connectivity index (χ1n) is 5.41. The summed E-state index contributed by atoms with van der Waals surface area (Å²) in [6.45, 7) is 0.805. The molecule has 0 heterocycles. The Morgan fingerprint density at radius 1 is 0.941 bits per heavy atom. The second kappa shape index (κ2) is 5.54. The first-order chi connectivity index (χ1) is 8.24. The number of hydrogen-bond donors (Lipinski definition) is 1. The first kappa shape index (κ1) is 12.4. The van der Waals surface area contributed by atoms with Crippen LogP contribution in [0.1, 0.15) is 5.56 Å². The maximum atomic E-state index is 6.25. The largest absolute Gasteiger partial charge is 0.316 e. The zero-order valence-corrected chi connectivity index (χ0v) is 11.0. The van der Waals surface area contributed by atoms with Crippen LogP contribution in [0.5, 0.6) is 0 Å². The fourth-order valence-corrected chi connectivity index (χ4v) is 2.24. The van der Waals surface area contributed by atoms with Gasteiger partial charge in [0.15, 0.2) is 0 Å². The lowest BCUT2D eigenvalue weighted by Crippen LogP contribution is -2.06. The van der Waals surface area contributed by atoms with Crippen LogP contribution in [0.2, 0.25) is 10.0 Å². The topological polar surface area (TPSA) is 12.0 Å². The van der Waals surface area contributed by atoms with Gasteiger partial charge in [0.25, 0.3) is 0 Å². The SMILES string of the molecule is CNCc1ccccc1-c1cccc(Cl)c1Cl. The molecule has 0 saturated heterocycles. The summed E-state index contributed by atoms with van der Waals surface area (Å²) in [5.74, 6) is 0. The molecular formula is C14H13Cl2N. The molecule has 0 amide bonds. The third-order valence-corrected chi connectivity index (χ3v) is 3.45. The van der Waals surface area contributed by atoms with E-state index in [9.17, 15) is 0 Å². The summed E-state index contributed by atoms with van der Waals surface area (Å²) in [7, 11) is 1.93. The Balaban J connectivity index is 2.56. The molecule has 0 saturated carbocycles. The molecule has 2 aromatic rings. The minimum absolute atomic E-state index is 0.587. The average molecular weight is 266 g/mol. The van der Waals surface area contributed by atoms with Crippen LogP contribution >= 0.6 is 23.2 Å². The number of hydrogen-bond acceptors (Lipinski definition) is 1. The smallest absolute Gasteiger partial charge is 0.0670 e. The fourth-order valence-electron chi connectivity index (χ4n) is 1.84. The summed E-state index contributed by atoms with van der Waals surface area (Å²) in [4.78, 5) is 0. The fraction of sp³-hybridized carbons (Fsp3) is 0.143. The third kappa shape index (κ3) is 2.63. The van der Waals surface area contributed by atoms with Crippen molar-refractivity contribution in [3.05, 3.63) is 58.1 Å². The molecule has 0 fully saturated rings. The van der Waals surface area contributed by atoms with Gasteiger partial charge in [-0.25, -0.2) is 0 Å². The van der Waals surface area contributed by atoms with E-state index < -0.39 is 0 Å². The lowest BCUT2D eigenvalue weighted by molar-refractivity contribution is 0.819. The lowest BCUT2D eigenvalue weighted by Gasteiger charge is -2.11. The van der Waals surface area contributed by atoms with Crippen molar-refractivity contribution in [3.8, 4) is 11.1 Å². The Labute approximate surface area is 111 Å². The first-order valence-corrected chi connectivity index (χ1v) is 6.16. The van der Waals surface area contributed by atoms with Gasteiger partial charge in [0, 0.05) is 12.1 Å². The van der Waals surface area contributed by atoms with Crippen LogP contribution in [0.25, 0.3) is 11.1 Å². The molecule has 1 nitrogen and oxygen atoms in total. The summed E-state index contributed by atoms with van der Waals surface area (Å²) < 4.78 is 0. The minimum atomic E-state index is 0.587. The Kier molecular flexibility index (Phi) is 4.06. The predicted molar refractivity (Wildman–Crippen MR) is 74.7 cm³/mol. The van der Waals surface area contributed by atoms with E-state index in [2.05, 4.69) is 17.4 Å². The van der Waals surface area contributed by atoms with E-state index in [-0.39, 0.29) is 0 Å². The van der Waals surface area contributed by atoms with Gasteiger partial charge in [-0.1, -0.05) is 59.6 Å². The van der Waals surface area contributed by atoms with Crippen LogP contribution in [0.15, 0.2) is 42.5 Å². The average Bonchev–Trinajstić information content (AvgIpc) is 2.34. The van der Waals surface area contributed by atoms with Crippen molar-refractivity contribution >= 4 is 23.2 Å². The van der Waals surface area contributed by atoms with Gasteiger partial charge < -0.3 is 5.32 Å². The van der Waals surface area contributed by atoms with Crippen LogP contribution < -0.4 is 5.32 Å². The highest BCUT2D eigenvalue weighted by Crippen LogP contribution is 2.34. The van der Waals surface area contributed by atoms with Crippen molar-refractivity contribution < 1.29 is 0 Å². The van der Waals surface area contributed by atoms with Crippen molar-refractivity contribution in [2.24, 2.45) is 0 Å². The monoisotopic (exact) mass is 265 g/mol. The van der Waals surface area contributed by atoms with Gasteiger partial charge >= 0.3 is 0 Å². The Morgan fingerprint density at radius 2 is 1.65 bits per heavy atom. The second-order valence-electron chi connectivity index (χ2n) is 3.79. The van der Waals surface area contributed by atoms with Gasteiger partial charge in [-0.3, -0.25) is 0 Å².